The number of fused-ring (bicyclic) bond motifs is 1. The molecule has 0 spiro atoms. The van der Waals surface area contributed by atoms with Gasteiger partial charge in [-0.1, -0.05) is 23.2 Å². The predicted octanol–water partition coefficient (Wildman–Crippen LogP) is 4.55. The average molecular weight is 403 g/mol. The highest BCUT2D eigenvalue weighted by molar-refractivity contribution is 6.31. The van der Waals surface area contributed by atoms with Crippen molar-refractivity contribution >= 4 is 52.0 Å². The zero-order valence-corrected chi connectivity index (χ0v) is 16.1. The van der Waals surface area contributed by atoms with Crippen molar-refractivity contribution in [3.05, 3.63) is 57.6 Å². The van der Waals surface area contributed by atoms with Gasteiger partial charge in [-0.25, -0.2) is 4.63 Å². The summed E-state index contributed by atoms with van der Waals surface area (Å²) in [5.41, 5.74) is 9.63. The fourth-order valence-corrected chi connectivity index (χ4v) is 3.30. The third kappa shape index (κ3) is 2.84. The molecule has 27 heavy (non-hydrogen) atoms. The van der Waals surface area contributed by atoms with Gasteiger partial charge < -0.3 is 5.73 Å². The number of benzene rings is 2. The van der Waals surface area contributed by atoms with Gasteiger partial charge in [0.15, 0.2) is 0 Å². The number of aryl methyl sites for hydroxylation is 2. The Kier molecular flexibility index (Phi) is 4.30. The van der Waals surface area contributed by atoms with Crippen LogP contribution in [0.15, 0.2) is 41.0 Å². The highest BCUT2D eigenvalue weighted by Gasteiger charge is 2.39. The van der Waals surface area contributed by atoms with Gasteiger partial charge in [-0.3, -0.25) is 15.2 Å². The molecule has 1 aromatic heterocycles. The van der Waals surface area contributed by atoms with Gasteiger partial charge >= 0.3 is 0 Å². The summed E-state index contributed by atoms with van der Waals surface area (Å²) in [5.74, 6) is 0.941. The Hall–Kier alpha value is -2.61. The molecule has 4 rings (SSSR count). The lowest BCUT2D eigenvalue weighted by Gasteiger charge is -2.38. The minimum Gasteiger partial charge on any atom is -0.305 e. The Morgan fingerprint density at radius 3 is 2.15 bits per heavy atom. The molecular formula is C18H16Cl2N6O. The van der Waals surface area contributed by atoms with E-state index in [1.54, 1.807) is 28.0 Å². The van der Waals surface area contributed by atoms with Crippen molar-refractivity contribution in [2.24, 2.45) is 5.73 Å². The quantitative estimate of drug-likeness (QED) is 0.652. The Bertz CT molecular complexity index is 1050. The van der Waals surface area contributed by atoms with Crippen LogP contribution in [-0.4, -0.2) is 22.3 Å². The molecule has 1 atom stereocenters. The molecule has 0 aliphatic carbocycles. The zero-order valence-electron chi connectivity index (χ0n) is 14.6. The molecule has 2 heterocycles. The van der Waals surface area contributed by atoms with Crippen molar-refractivity contribution in [2.75, 3.05) is 9.80 Å². The topological polar surface area (TPSA) is 95.3 Å². The summed E-state index contributed by atoms with van der Waals surface area (Å²) in [4.78, 5) is 3.32. The lowest BCUT2D eigenvalue weighted by atomic mass is 10.1. The lowest BCUT2D eigenvalue weighted by Crippen LogP contribution is -2.54. The number of anilines is 4. The van der Waals surface area contributed by atoms with Gasteiger partial charge in [0.2, 0.25) is 11.6 Å². The number of aromatic nitrogens is 2. The first-order valence-electron chi connectivity index (χ1n) is 8.16. The molecule has 3 N–H and O–H groups in total. The first kappa shape index (κ1) is 17.8. The van der Waals surface area contributed by atoms with Crippen LogP contribution < -0.4 is 15.5 Å². The van der Waals surface area contributed by atoms with E-state index in [9.17, 15) is 0 Å². The second-order valence-corrected chi connectivity index (χ2v) is 7.13. The lowest BCUT2D eigenvalue weighted by molar-refractivity contribution is 0.309. The van der Waals surface area contributed by atoms with E-state index in [1.807, 2.05) is 32.0 Å². The number of rotatable bonds is 2. The monoisotopic (exact) mass is 402 g/mol. The van der Waals surface area contributed by atoms with Crippen LogP contribution in [0.2, 0.25) is 10.0 Å². The summed E-state index contributed by atoms with van der Waals surface area (Å²) >= 11 is 12.3. The molecule has 7 nitrogen and oxygen atoms in total. The molecule has 1 aliphatic heterocycles. The Morgan fingerprint density at radius 2 is 1.52 bits per heavy atom. The van der Waals surface area contributed by atoms with Crippen molar-refractivity contribution in [1.82, 2.24) is 10.3 Å². The van der Waals surface area contributed by atoms with Gasteiger partial charge in [0.05, 0.1) is 0 Å². The van der Waals surface area contributed by atoms with Crippen molar-refractivity contribution in [2.45, 2.75) is 20.0 Å². The van der Waals surface area contributed by atoms with Gasteiger partial charge in [0, 0.05) is 21.4 Å². The van der Waals surface area contributed by atoms with E-state index in [0.29, 0.717) is 27.4 Å². The number of hydrogen-bond acceptors (Lipinski definition) is 6. The number of amidine groups is 1. The fourth-order valence-electron chi connectivity index (χ4n) is 3.06. The maximum atomic E-state index is 8.65. The van der Waals surface area contributed by atoms with E-state index < -0.39 is 6.17 Å². The second-order valence-electron chi connectivity index (χ2n) is 6.31. The van der Waals surface area contributed by atoms with Crippen LogP contribution in [0, 0.1) is 19.3 Å². The number of halogens is 2. The maximum absolute atomic E-state index is 8.65. The zero-order chi connectivity index (χ0) is 19.3. The number of hydrogen-bond donors (Lipinski definition) is 2. The molecule has 1 unspecified atom stereocenters. The molecule has 3 aromatic rings. The molecule has 0 saturated heterocycles. The van der Waals surface area contributed by atoms with Crippen LogP contribution in [0.5, 0.6) is 0 Å². The molecule has 2 aromatic carbocycles. The third-order valence-electron chi connectivity index (χ3n) is 4.51. The fraction of sp³-hybridized carbons (Fsp3) is 0.167. The highest BCUT2D eigenvalue weighted by Crippen LogP contribution is 2.41. The number of nitrogens with two attached hydrogens (primary N) is 1. The van der Waals surface area contributed by atoms with Gasteiger partial charge in [-0.15, -0.1) is 0 Å². The van der Waals surface area contributed by atoms with Crippen LogP contribution >= 0.6 is 23.2 Å². The average Bonchev–Trinajstić information content (AvgIpc) is 3.10. The molecule has 0 radical (unpaired) electrons. The molecule has 9 heteroatoms. The summed E-state index contributed by atoms with van der Waals surface area (Å²) in [6.07, 6.45) is -0.791. The van der Waals surface area contributed by atoms with E-state index in [-0.39, 0.29) is 5.84 Å². The van der Waals surface area contributed by atoms with E-state index in [4.69, 9.17) is 39.0 Å². The first-order valence-corrected chi connectivity index (χ1v) is 8.92. The van der Waals surface area contributed by atoms with Crippen LogP contribution in [0.25, 0.3) is 0 Å². The summed E-state index contributed by atoms with van der Waals surface area (Å²) in [6.45, 7) is 3.79. The van der Waals surface area contributed by atoms with E-state index >= 15 is 0 Å². The molecular weight excluding hydrogens is 387 g/mol. The van der Waals surface area contributed by atoms with E-state index in [2.05, 4.69) is 10.3 Å². The maximum Gasteiger partial charge on any atom is 0.228 e. The number of nitrogens with zero attached hydrogens (tertiary/aromatic N) is 4. The van der Waals surface area contributed by atoms with Crippen molar-refractivity contribution in [3.63, 3.8) is 0 Å². The minimum atomic E-state index is -0.791. The standard InChI is InChI=1S/C18H16Cl2N6O/c1-9-7-11(3-5-13(9)19)25-15(21)16(22)26(18-17(25)23-27-24-18)12-4-6-14(20)10(2)8-12/h3-8,15,22H,21H2,1-2H3. The van der Waals surface area contributed by atoms with Gasteiger partial charge in [0.25, 0.3) is 0 Å². The molecule has 0 amide bonds. The molecule has 0 bridgehead atoms. The van der Waals surface area contributed by atoms with Crippen molar-refractivity contribution in [3.8, 4) is 0 Å². The van der Waals surface area contributed by atoms with Crippen LogP contribution in [-0.2, 0) is 0 Å². The normalized spacial score (nSPS) is 16.6. The highest BCUT2D eigenvalue weighted by atomic mass is 35.5. The van der Waals surface area contributed by atoms with E-state index in [0.717, 1.165) is 16.8 Å². The first-order chi connectivity index (χ1) is 12.9. The second kappa shape index (κ2) is 6.53. The third-order valence-corrected chi connectivity index (χ3v) is 5.36. The Morgan fingerprint density at radius 1 is 0.963 bits per heavy atom. The summed E-state index contributed by atoms with van der Waals surface area (Å²) in [5, 5.41) is 18.0. The Balaban J connectivity index is 1.85. The van der Waals surface area contributed by atoms with Crippen LogP contribution in [0.4, 0.5) is 23.0 Å². The summed E-state index contributed by atoms with van der Waals surface area (Å²) < 4.78 is 4.99. The van der Waals surface area contributed by atoms with Crippen LogP contribution in [0.3, 0.4) is 0 Å². The van der Waals surface area contributed by atoms with Crippen molar-refractivity contribution in [1.29, 1.82) is 5.41 Å². The van der Waals surface area contributed by atoms with Crippen molar-refractivity contribution < 1.29 is 4.63 Å². The molecule has 0 fully saturated rings. The predicted molar refractivity (Wildman–Crippen MR) is 107 cm³/mol. The molecule has 0 saturated carbocycles. The van der Waals surface area contributed by atoms with E-state index in [1.165, 1.54) is 0 Å². The largest absolute Gasteiger partial charge is 0.305 e. The van der Waals surface area contributed by atoms with Crippen LogP contribution in [0.1, 0.15) is 11.1 Å². The summed E-state index contributed by atoms with van der Waals surface area (Å²) in [6, 6.07) is 10.9. The van der Waals surface area contributed by atoms with Gasteiger partial charge in [0.1, 0.15) is 12.0 Å². The summed E-state index contributed by atoms with van der Waals surface area (Å²) in [7, 11) is 0. The number of nitrogens with one attached hydrogen (secondary N) is 1. The van der Waals surface area contributed by atoms with Gasteiger partial charge in [-0.2, -0.15) is 0 Å². The SMILES string of the molecule is Cc1cc(N2C(=N)C(N)N(c3ccc(Cl)c(C)c3)c3nonc32)ccc1Cl. The molecule has 138 valence electrons. The Labute approximate surface area is 165 Å². The van der Waals surface area contributed by atoms with Gasteiger partial charge in [-0.05, 0) is 71.7 Å². The molecule has 1 aliphatic rings. The smallest absolute Gasteiger partial charge is 0.228 e. The minimum absolute atomic E-state index is 0.132.